The second-order valence-electron chi connectivity index (χ2n) is 8.48. The quantitative estimate of drug-likeness (QED) is 0.298. The van der Waals surface area contributed by atoms with Gasteiger partial charge in [0.15, 0.2) is 0 Å². The molecule has 1 aromatic heterocycles. The molecule has 32 heavy (non-hydrogen) atoms. The van der Waals surface area contributed by atoms with Gasteiger partial charge < -0.3 is 14.5 Å². The van der Waals surface area contributed by atoms with Gasteiger partial charge >= 0.3 is 11.8 Å². The molecule has 2 aliphatic carbocycles. The number of carbonyl (C=O) groups is 3. The van der Waals surface area contributed by atoms with Gasteiger partial charge in [-0.05, 0) is 25.2 Å². The molecule has 1 aromatic rings. The van der Waals surface area contributed by atoms with E-state index in [1.165, 1.54) is 12.3 Å². The number of hydrogen-bond acceptors (Lipinski definition) is 8. The average molecular weight is 441 g/mol. The minimum atomic E-state index is -0.555. The first-order valence-corrected chi connectivity index (χ1v) is 10.8. The first-order valence-electron chi connectivity index (χ1n) is 10.8. The molecule has 1 saturated carbocycles. The summed E-state index contributed by atoms with van der Waals surface area (Å²) in [6, 6.07) is 1.26. The fourth-order valence-corrected chi connectivity index (χ4v) is 5.41. The van der Waals surface area contributed by atoms with Gasteiger partial charge in [0.1, 0.15) is 0 Å². The van der Waals surface area contributed by atoms with Crippen LogP contribution in [0.3, 0.4) is 0 Å². The Morgan fingerprint density at radius 1 is 1.16 bits per heavy atom. The number of carbonyl (C=O) groups excluding carboxylic acids is 3. The monoisotopic (exact) mass is 441 g/mol. The van der Waals surface area contributed by atoms with Gasteiger partial charge in [-0.1, -0.05) is 12.2 Å². The van der Waals surface area contributed by atoms with Gasteiger partial charge in [-0.25, -0.2) is 14.7 Å². The molecule has 3 heterocycles. The van der Waals surface area contributed by atoms with E-state index >= 15 is 0 Å². The van der Waals surface area contributed by atoms with Gasteiger partial charge in [-0.2, -0.15) is 0 Å². The number of anilines is 2. The first kappa shape index (κ1) is 20.4. The molecule has 4 atom stereocenters. The van der Waals surface area contributed by atoms with Gasteiger partial charge in [0.05, 0.1) is 35.3 Å². The molecule has 3 fully saturated rings. The number of aromatic nitrogens is 1. The highest BCUT2D eigenvalue weighted by Gasteiger charge is 2.59. The molecule has 11 heteroatoms. The van der Waals surface area contributed by atoms with Crippen molar-refractivity contribution in [2.24, 2.45) is 23.7 Å². The highest BCUT2D eigenvalue weighted by atomic mass is 16.6. The number of hydrogen-bond donors (Lipinski definition) is 0. The predicted molar refractivity (Wildman–Crippen MR) is 112 cm³/mol. The fourth-order valence-electron chi connectivity index (χ4n) is 5.41. The lowest BCUT2D eigenvalue weighted by Gasteiger charge is -2.34. The van der Waals surface area contributed by atoms with Crippen LogP contribution in [0.1, 0.15) is 13.3 Å². The van der Waals surface area contributed by atoms with Crippen LogP contribution in [0.2, 0.25) is 0 Å². The lowest BCUT2D eigenvalue weighted by molar-refractivity contribution is -0.384. The lowest BCUT2D eigenvalue weighted by Crippen LogP contribution is -2.49. The number of allylic oxidation sites excluding steroid dienone is 2. The molecule has 0 aromatic carbocycles. The van der Waals surface area contributed by atoms with Crippen LogP contribution >= 0.6 is 0 Å². The van der Waals surface area contributed by atoms with E-state index < -0.39 is 11.0 Å². The standard InChI is InChI=1S/C21H23N5O6/c1-2-32-21(29)24-7-5-23(6-8-24)18-15(26(30)31)10-14(11-22-18)25-19(27)16-12-3-4-13(9-12)17(16)20(25)28/h3-4,10-13,16-17H,2,5-9H2,1H3/t12-,13+,16-,17+. The number of nitro groups is 1. The van der Waals surface area contributed by atoms with Crippen molar-refractivity contribution in [3.8, 4) is 0 Å². The van der Waals surface area contributed by atoms with Crippen LogP contribution in [0, 0.1) is 33.8 Å². The van der Waals surface area contributed by atoms with E-state index in [1.54, 1.807) is 16.7 Å². The normalized spacial score (nSPS) is 28.5. The molecular formula is C21H23N5O6. The maximum Gasteiger partial charge on any atom is 0.409 e. The molecule has 2 bridgehead atoms. The summed E-state index contributed by atoms with van der Waals surface area (Å²) in [5.74, 6) is -1.09. The summed E-state index contributed by atoms with van der Waals surface area (Å²) in [6.07, 6.45) is 5.76. The van der Waals surface area contributed by atoms with E-state index in [-0.39, 0.29) is 59.3 Å². The number of rotatable bonds is 4. The molecular weight excluding hydrogens is 418 g/mol. The van der Waals surface area contributed by atoms with Crippen molar-refractivity contribution in [2.75, 3.05) is 42.6 Å². The molecule has 2 saturated heterocycles. The topological polar surface area (TPSA) is 126 Å². The Hall–Kier alpha value is -3.50. The summed E-state index contributed by atoms with van der Waals surface area (Å²) in [7, 11) is 0. The first-order chi connectivity index (χ1) is 15.4. The Morgan fingerprint density at radius 3 is 2.34 bits per heavy atom. The van der Waals surface area contributed by atoms with Gasteiger partial charge in [0.2, 0.25) is 17.6 Å². The van der Waals surface area contributed by atoms with E-state index in [0.717, 1.165) is 11.3 Å². The molecule has 5 rings (SSSR count). The number of imide groups is 1. The third-order valence-electron chi connectivity index (χ3n) is 6.86. The zero-order valence-corrected chi connectivity index (χ0v) is 17.5. The summed E-state index contributed by atoms with van der Waals surface area (Å²) < 4.78 is 5.00. The molecule has 0 spiro atoms. The van der Waals surface area contributed by atoms with Gasteiger partial charge in [-0.3, -0.25) is 19.7 Å². The minimum Gasteiger partial charge on any atom is -0.450 e. The van der Waals surface area contributed by atoms with Crippen LogP contribution in [0.5, 0.6) is 0 Å². The minimum absolute atomic E-state index is 0.0596. The Balaban J connectivity index is 1.38. The number of ether oxygens (including phenoxy) is 1. The van der Waals surface area contributed by atoms with E-state index in [4.69, 9.17) is 4.74 Å². The van der Waals surface area contributed by atoms with E-state index in [0.29, 0.717) is 26.2 Å². The fraction of sp³-hybridized carbons (Fsp3) is 0.524. The highest BCUT2D eigenvalue weighted by molar-refractivity contribution is 6.22. The largest absolute Gasteiger partial charge is 0.450 e. The van der Waals surface area contributed by atoms with E-state index in [9.17, 15) is 24.5 Å². The SMILES string of the molecule is CCOC(=O)N1CCN(c2ncc(N3C(=O)[C@@H]4[C@H](C3=O)[C@@H]3C=C[C@H]4C3)cc2[N+](=O)[O-])CC1. The Labute approximate surface area is 183 Å². The molecule has 2 aliphatic heterocycles. The van der Waals surface area contributed by atoms with E-state index in [2.05, 4.69) is 4.98 Å². The molecule has 0 radical (unpaired) electrons. The summed E-state index contributed by atoms with van der Waals surface area (Å²) >= 11 is 0. The summed E-state index contributed by atoms with van der Waals surface area (Å²) in [6.45, 7) is 3.41. The molecule has 0 unspecified atom stereocenters. The summed E-state index contributed by atoms with van der Waals surface area (Å²) in [5, 5.41) is 11.8. The summed E-state index contributed by atoms with van der Waals surface area (Å²) in [5.41, 5.74) is -0.139. The number of fused-ring (bicyclic) bond motifs is 5. The highest BCUT2D eigenvalue weighted by Crippen LogP contribution is 2.53. The maximum absolute atomic E-state index is 13.0. The third kappa shape index (κ3) is 3.02. The lowest BCUT2D eigenvalue weighted by atomic mass is 9.85. The Morgan fingerprint density at radius 2 is 1.78 bits per heavy atom. The number of nitrogens with zero attached hydrogens (tertiary/aromatic N) is 5. The summed E-state index contributed by atoms with van der Waals surface area (Å²) in [4.78, 5) is 57.8. The second kappa shape index (κ2) is 7.57. The molecule has 0 N–H and O–H groups in total. The molecule has 11 nitrogen and oxygen atoms in total. The van der Waals surface area contributed by atoms with Gasteiger partial charge in [0.25, 0.3) is 0 Å². The average Bonchev–Trinajstić information content (AvgIpc) is 3.47. The van der Waals surface area contributed by atoms with E-state index in [1.807, 2.05) is 12.2 Å². The van der Waals surface area contributed by atoms with Crippen LogP contribution in [0.25, 0.3) is 0 Å². The van der Waals surface area contributed by atoms with Crippen LogP contribution in [0.4, 0.5) is 22.0 Å². The van der Waals surface area contributed by atoms with Gasteiger partial charge in [-0.15, -0.1) is 0 Å². The van der Waals surface area contributed by atoms with Crippen molar-refractivity contribution in [1.29, 1.82) is 0 Å². The van der Waals surface area contributed by atoms with Crippen molar-refractivity contribution < 1.29 is 24.0 Å². The molecule has 4 aliphatic rings. The zero-order chi connectivity index (χ0) is 22.6. The Bertz CT molecular complexity index is 1000. The number of piperazine rings is 1. The number of pyridine rings is 1. The zero-order valence-electron chi connectivity index (χ0n) is 17.5. The molecule has 168 valence electrons. The van der Waals surface area contributed by atoms with Crippen molar-refractivity contribution >= 4 is 35.1 Å². The predicted octanol–water partition coefficient (Wildman–Crippen LogP) is 1.58. The van der Waals surface area contributed by atoms with Crippen molar-refractivity contribution in [2.45, 2.75) is 13.3 Å². The van der Waals surface area contributed by atoms with Crippen LogP contribution < -0.4 is 9.80 Å². The molecule has 3 amide bonds. The second-order valence-corrected chi connectivity index (χ2v) is 8.48. The van der Waals surface area contributed by atoms with Crippen molar-refractivity contribution in [3.63, 3.8) is 0 Å². The van der Waals surface area contributed by atoms with Crippen molar-refractivity contribution in [1.82, 2.24) is 9.88 Å². The third-order valence-corrected chi connectivity index (χ3v) is 6.86. The maximum atomic E-state index is 13.0. The van der Waals surface area contributed by atoms with Crippen molar-refractivity contribution in [3.05, 3.63) is 34.5 Å². The Kier molecular flexibility index (Phi) is 4.83. The number of amides is 3. The van der Waals surface area contributed by atoms with Crippen LogP contribution in [-0.4, -0.2) is 65.5 Å². The smallest absolute Gasteiger partial charge is 0.409 e. The van der Waals surface area contributed by atoms with Crippen LogP contribution in [0.15, 0.2) is 24.4 Å². The van der Waals surface area contributed by atoms with Crippen LogP contribution in [-0.2, 0) is 14.3 Å². The van der Waals surface area contributed by atoms with Gasteiger partial charge in [0, 0.05) is 32.2 Å².